The van der Waals surface area contributed by atoms with Gasteiger partial charge in [0.1, 0.15) is 23.7 Å². The van der Waals surface area contributed by atoms with Gasteiger partial charge in [-0.1, -0.05) is 0 Å². The van der Waals surface area contributed by atoms with Gasteiger partial charge in [-0.15, -0.1) is 11.3 Å². The van der Waals surface area contributed by atoms with E-state index < -0.39 is 0 Å². The molecule has 6 rings (SSSR count). The second kappa shape index (κ2) is 9.20. The van der Waals surface area contributed by atoms with Crippen molar-refractivity contribution in [1.82, 2.24) is 19.9 Å². The number of nitrogens with zero attached hydrogens (tertiary/aromatic N) is 5. The van der Waals surface area contributed by atoms with Crippen molar-refractivity contribution in [3.8, 4) is 5.75 Å². The molecule has 0 bridgehead atoms. The van der Waals surface area contributed by atoms with Crippen molar-refractivity contribution in [1.29, 1.82) is 0 Å². The van der Waals surface area contributed by atoms with Crippen LogP contribution in [0.5, 0.6) is 5.75 Å². The van der Waals surface area contributed by atoms with E-state index in [-0.39, 0.29) is 5.82 Å². The number of aromatic nitrogens is 3. The number of rotatable bonds is 5. The molecule has 0 spiro atoms. The predicted molar refractivity (Wildman–Crippen MR) is 140 cm³/mol. The van der Waals surface area contributed by atoms with Gasteiger partial charge in [0.25, 0.3) is 0 Å². The maximum absolute atomic E-state index is 15.2. The van der Waals surface area contributed by atoms with Crippen molar-refractivity contribution in [2.45, 2.75) is 13.8 Å². The third-order valence-corrected chi connectivity index (χ3v) is 7.50. The highest BCUT2D eigenvalue weighted by atomic mass is 32.1. The molecule has 0 saturated carbocycles. The summed E-state index contributed by atoms with van der Waals surface area (Å²) in [4.78, 5) is 15.5. The molecular weight excluding hydrogens is 479 g/mol. The summed E-state index contributed by atoms with van der Waals surface area (Å²) in [5, 5.41) is 3.88. The van der Waals surface area contributed by atoms with Crippen LogP contribution < -0.4 is 10.1 Å². The van der Waals surface area contributed by atoms with E-state index in [0.29, 0.717) is 51.6 Å². The predicted octanol–water partition coefficient (Wildman–Crippen LogP) is 4.86. The topological polar surface area (TPSA) is 75.4 Å². The Morgan fingerprint density at radius 3 is 2.83 bits per heavy atom. The van der Waals surface area contributed by atoms with Crippen LogP contribution in [0.2, 0.25) is 0 Å². The molecule has 4 aromatic rings. The molecule has 8 nitrogen and oxygen atoms in total. The van der Waals surface area contributed by atoms with Gasteiger partial charge in [-0.2, -0.15) is 4.58 Å². The number of hydrogen-bond donors (Lipinski definition) is 1. The number of halogens is 1. The van der Waals surface area contributed by atoms with E-state index in [4.69, 9.17) is 9.47 Å². The third-order valence-electron chi connectivity index (χ3n) is 6.67. The van der Waals surface area contributed by atoms with Crippen LogP contribution in [-0.2, 0) is 4.74 Å². The van der Waals surface area contributed by atoms with Crippen molar-refractivity contribution in [2.24, 2.45) is 0 Å². The Balaban J connectivity index is 1.49. The lowest BCUT2D eigenvalue weighted by Gasteiger charge is -2.23. The lowest BCUT2D eigenvalue weighted by atomic mass is 10.1. The van der Waals surface area contributed by atoms with Crippen LogP contribution in [0.3, 0.4) is 0 Å². The molecule has 2 aromatic carbocycles. The molecule has 0 atom stereocenters. The summed E-state index contributed by atoms with van der Waals surface area (Å²) >= 11 is 1.27. The average molecular weight is 506 g/mol. The van der Waals surface area contributed by atoms with E-state index in [0.717, 1.165) is 36.7 Å². The van der Waals surface area contributed by atoms with Crippen molar-refractivity contribution >= 4 is 55.4 Å². The highest BCUT2D eigenvalue weighted by Gasteiger charge is 2.25. The maximum Gasteiger partial charge on any atom is 0.211 e. The molecule has 36 heavy (non-hydrogen) atoms. The Bertz CT molecular complexity index is 1560. The lowest BCUT2D eigenvalue weighted by Crippen LogP contribution is -2.39. The van der Waals surface area contributed by atoms with E-state index in [2.05, 4.69) is 43.7 Å². The minimum absolute atomic E-state index is 0.326. The minimum Gasteiger partial charge on any atom is -0.461 e. The van der Waals surface area contributed by atoms with Crippen LogP contribution in [0.15, 0.2) is 47.4 Å². The summed E-state index contributed by atoms with van der Waals surface area (Å²) in [7, 11) is 2.12. The van der Waals surface area contributed by atoms with Crippen LogP contribution in [0.25, 0.3) is 21.1 Å². The number of allylic oxidation sites excluding steroid dienone is 1. The number of thiazole rings is 1. The first-order chi connectivity index (χ1) is 17.5. The molecular formula is C26H26FN6O2S+. The summed E-state index contributed by atoms with van der Waals surface area (Å²) in [5.74, 6) is 1.54. The summed E-state index contributed by atoms with van der Waals surface area (Å²) in [6.07, 6.45) is 1.49. The molecule has 0 unspecified atom stereocenters. The Morgan fingerprint density at radius 1 is 1.19 bits per heavy atom. The number of ether oxygens (including phenoxy) is 2. The van der Waals surface area contributed by atoms with E-state index in [9.17, 15) is 0 Å². The quantitative estimate of drug-likeness (QED) is 0.307. The second-order valence-corrected chi connectivity index (χ2v) is 10.0. The van der Waals surface area contributed by atoms with Gasteiger partial charge in [-0.05, 0) is 26.1 Å². The van der Waals surface area contributed by atoms with E-state index in [1.807, 2.05) is 19.1 Å². The Morgan fingerprint density at radius 2 is 2.06 bits per heavy atom. The van der Waals surface area contributed by atoms with Crippen LogP contribution >= 0.6 is 11.3 Å². The van der Waals surface area contributed by atoms with Gasteiger partial charge >= 0.3 is 0 Å². The summed E-state index contributed by atoms with van der Waals surface area (Å²) in [5.41, 5.74) is 6.69. The van der Waals surface area contributed by atoms with Gasteiger partial charge in [-0.25, -0.2) is 19.3 Å². The SMILES string of the molecule is CC(Oc1cc([N+]2=C(C)CN(C)CC2)cc2ncnc(Nc3ccc4ncsc4c3F)c12)=C1COC1. The van der Waals surface area contributed by atoms with Gasteiger partial charge in [-0.3, -0.25) is 4.90 Å². The number of hydrogen-bond acceptors (Lipinski definition) is 8. The van der Waals surface area contributed by atoms with Gasteiger partial charge < -0.3 is 14.8 Å². The molecule has 4 heterocycles. The van der Waals surface area contributed by atoms with Crippen molar-refractivity contribution < 1.29 is 18.4 Å². The fourth-order valence-corrected chi connectivity index (χ4v) is 5.33. The zero-order chi connectivity index (χ0) is 24.8. The first-order valence-electron chi connectivity index (χ1n) is 11.8. The van der Waals surface area contributed by atoms with Crippen molar-refractivity contribution in [3.63, 3.8) is 0 Å². The molecule has 184 valence electrons. The zero-order valence-corrected chi connectivity index (χ0v) is 21.2. The average Bonchev–Trinajstić information content (AvgIpc) is 3.29. The van der Waals surface area contributed by atoms with Gasteiger partial charge in [0.2, 0.25) is 5.69 Å². The molecule has 2 aliphatic rings. The fourth-order valence-electron chi connectivity index (χ4n) is 4.60. The molecule has 0 aliphatic carbocycles. The summed E-state index contributed by atoms with van der Waals surface area (Å²) in [6.45, 7) is 7.94. The summed E-state index contributed by atoms with van der Waals surface area (Å²) < 4.78 is 29.8. The molecule has 1 saturated heterocycles. The fraction of sp³-hybridized carbons (Fsp3) is 0.308. The van der Waals surface area contributed by atoms with Gasteiger partial charge in [0.05, 0.1) is 64.7 Å². The number of nitrogens with one attached hydrogen (secondary N) is 1. The number of fused-ring (bicyclic) bond motifs is 2. The Kier molecular flexibility index (Phi) is 5.87. The molecule has 1 fully saturated rings. The first-order valence-corrected chi connectivity index (χ1v) is 12.7. The number of benzene rings is 2. The minimum atomic E-state index is -0.353. The van der Waals surface area contributed by atoms with Crippen molar-refractivity contribution in [3.05, 3.63) is 53.3 Å². The number of likely N-dealkylation sites (N-methyl/N-ethyl adjacent to an activating group) is 1. The van der Waals surface area contributed by atoms with Crippen LogP contribution in [0.4, 0.5) is 21.6 Å². The highest BCUT2D eigenvalue weighted by molar-refractivity contribution is 7.16. The van der Waals surface area contributed by atoms with Gasteiger partial charge in [0, 0.05) is 18.6 Å². The second-order valence-electron chi connectivity index (χ2n) is 9.19. The van der Waals surface area contributed by atoms with Crippen LogP contribution in [0, 0.1) is 5.82 Å². The molecule has 0 amide bonds. The first kappa shape index (κ1) is 23.0. The monoisotopic (exact) mass is 505 g/mol. The smallest absolute Gasteiger partial charge is 0.211 e. The third kappa shape index (κ3) is 4.11. The molecule has 10 heteroatoms. The zero-order valence-electron chi connectivity index (χ0n) is 20.3. The van der Waals surface area contributed by atoms with Crippen LogP contribution in [-0.4, -0.2) is 70.0 Å². The number of anilines is 2. The Hall–Kier alpha value is -3.47. The summed E-state index contributed by atoms with van der Waals surface area (Å²) in [6, 6.07) is 7.55. The van der Waals surface area contributed by atoms with Gasteiger partial charge in [0.15, 0.2) is 18.1 Å². The Labute approximate surface area is 211 Å². The molecule has 2 aromatic heterocycles. The lowest BCUT2D eigenvalue weighted by molar-refractivity contribution is -0.448. The molecule has 0 radical (unpaired) electrons. The standard InChI is InChI=1S/C26H26FN6O2S/c1-15-10-32(3)6-7-33(15)18-8-21-23(22(9-18)35-16(2)17-11-34-12-17)26(29-13-28-21)31-19-4-5-20-25(24(19)27)36-14-30-20/h4-5,8-9,13-14H,6-7,10-12H2,1-3H3,(H,28,29,31)/q+1. The van der Waals surface area contributed by atoms with E-state index in [1.165, 1.54) is 23.4 Å². The van der Waals surface area contributed by atoms with E-state index >= 15 is 4.39 Å². The molecule has 1 N–H and O–H groups in total. The largest absolute Gasteiger partial charge is 0.461 e. The van der Waals surface area contributed by atoms with Crippen molar-refractivity contribution in [2.75, 3.05) is 45.2 Å². The highest BCUT2D eigenvalue weighted by Crippen LogP contribution is 2.38. The normalized spacial score (nSPS) is 16.5. The van der Waals surface area contributed by atoms with E-state index in [1.54, 1.807) is 17.6 Å². The van der Waals surface area contributed by atoms with Crippen LogP contribution in [0.1, 0.15) is 13.8 Å². The molecule has 2 aliphatic heterocycles. The maximum atomic E-state index is 15.2.